The van der Waals surface area contributed by atoms with Crippen LogP contribution in [0.3, 0.4) is 0 Å². The Morgan fingerprint density at radius 3 is 2.49 bits per heavy atom. The number of fused-ring (bicyclic) bond motifs is 3. The summed E-state index contributed by atoms with van der Waals surface area (Å²) in [7, 11) is 0. The first-order chi connectivity index (χ1) is 18.9. The maximum Gasteiger partial charge on any atom is 0.348 e. The van der Waals surface area contributed by atoms with Gasteiger partial charge in [0.2, 0.25) is 11.8 Å². The Bertz CT molecular complexity index is 1990. The third kappa shape index (κ3) is 3.91. The van der Waals surface area contributed by atoms with Gasteiger partial charge in [0.1, 0.15) is 10.2 Å². The van der Waals surface area contributed by atoms with E-state index in [1.165, 1.54) is 44.7 Å². The molecule has 39 heavy (non-hydrogen) atoms. The molecule has 0 aliphatic heterocycles. The van der Waals surface area contributed by atoms with Crippen molar-refractivity contribution in [2.75, 3.05) is 0 Å². The first-order valence-electron chi connectivity index (χ1n) is 13.3. The van der Waals surface area contributed by atoms with E-state index in [9.17, 15) is 14.4 Å². The molecule has 1 aliphatic rings. The lowest BCUT2D eigenvalue weighted by Gasteiger charge is -2.26. The van der Waals surface area contributed by atoms with Gasteiger partial charge in [0, 0.05) is 25.1 Å². The zero-order valence-corrected chi connectivity index (χ0v) is 22.6. The molecule has 7 rings (SSSR count). The molecular weight excluding hydrogens is 508 g/mol. The number of benzene rings is 4. The first kappa shape index (κ1) is 24.0. The molecule has 0 spiro atoms. The third-order valence-electron chi connectivity index (χ3n) is 8.14. The van der Waals surface area contributed by atoms with Crippen LogP contribution >= 0.6 is 11.3 Å². The van der Waals surface area contributed by atoms with E-state index in [-0.39, 0.29) is 29.9 Å². The Kier molecular flexibility index (Phi) is 5.52. The topological polar surface area (TPSA) is 80.5 Å². The summed E-state index contributed by atoms with van der Waals surface area (Å²) in [5, 5.41) is 7.58. The van der Waals surface area contributed by atoms with Gasteiger partial charge < -0.3 is 4.42 Å². The van der Waals surface area contributed by atoms with E-state index in [1.807, 2.05) is 6.07 Å². The van der Waals surface area contributed by atoms with Crippen LogP contribution in [0.5, 0.6) is 0 Å². The minimum Gasteiger partial charge on any atom is -0.408 e. The Morgan fingerprint density at radius 1 is 1.00 bits per heavy atom. The van der Waals surface area contributed by atoms with Crippen LogP contribution in [0, 0.1) is 12.8 Å². The number of thiophene rings is 1. The summed E-state index contributed by atoms with van der Waals surface area (Å²) in [6.45, 7) is 3.39. The molecule has 0 fully saturated rings. The average Bonchev–Trinajstić information content (AvgIpc) is 3.28. The molecule has 1 unspecified atom stereocenters. The number of nitrogens with zero attached hydrogens (tertiary/aromatic N) is 2. The summed E-state index contributed by atoms with van der Waals surface area (Å²) < 4.78 is 5.23. The lowest BCUT2D eigenvalue weighted by atomic mass is 9.85. The Hall–Kier alpha value is -4.10. The number of carbonyl (C=O) groups excluding carboxylic acids is 2. The lowest BCUT2D eigenvalue weighted by Crippen LogP contribution is -2.36. The van der Waals surface area contributed by atoms with Crippen molar-refractivity contribution < 1.29 is 14.0 Å². The Labute approximate surface area is 228 Å². The second-order valence-corrected chi connectivity index (χ2v) is 11.7. The summed E-state index contributed by atoms with van der Waals surface area (Å²) in [5.74, 6) is 0.0636. The fourth-order valence-electron chi connectivity index (χ4n) is 6.29. The Morgan fingerprint density at radius 2 is 1.72 bits per heavy atom. The molecule has 1 atom stereocenters. The van der Waals surface area contributed by atoms with Crippen molar-refractivity contribution in [2.45, 2.75) is 46.1 Å². The number of imide groups is 1. The molecule has 1 aliphatic carbocycles. The standard InChI is InChI=1S/C32H26N2O4S/c1-17-33-31-30(32(37)38-17)25-12-6-19(14-26(25)39-31)15-27(36)34(18(2)35)16-23-10-9-22-8-7-20-4-3-5-21-11-13-24(23)29(22)28(20)21/h3-5,7-11,13,19H,6,12,14-16H2,1-2H3. The first-order valence-corrected chi connectivity index (χ1v) is 14.1. The van der Waals surface area contributed by atoms with Gasteiger partial charge in [0.15, 0.2) is 5.89 Å². The molecule has 0 bridgehead atoms. The molecule has 0 saturated carbocycles. The molecule has 0 radical (unpaired) electrons. The number of hydrogen-bond acceptors (Lipinski definition) is 6. The van der Waals surface area contributed by atoms with Crippen molar-refractivity contribution in [2.24, 2.45) is 5.92 Å². The SMILES string of the molecule is CC(=O)N(Cc1ccc2ccc3cccc4ccc1c2c34)C(=O)CC1CCc2c(sc3nc(C)oc(=O)c23)C1. The summed E-state index contributed by atoms with van der Waals surface area (Å²) in [6, 6.07) is 18.9. The van der Waals surface area contributed by atoms with Crippen molar-refractivity contribution in [1.82, 2.24) is 9.88 Å². The van der Waals surface area contributed by atoms with Gasteiger partial charge in [-0.1, -0.05) is 54.6 Å². The summed E-state index contributed by atoms with van der Waals surface area (Å²) in [5.41, 5.74) is 1.64. The van der Waals surface area contributed by atoms with E-state index in [2.05, 4.69) is 53.5 Å². The monoisotopic (exact) mass is 534 g/mol. The molecule has 2 amide bonds. The number of rotatable bonds is 4. The van der Waals surface area contributed by atoms with Crippen molar-refractivity contribution in [1.29, 1.82) is 0 Å². The molecule has 2 heterocycles. The molecular formula is C32H26N2O4S. The van der Waals surface area contributed by atoms with Crippen LogP contribution in [-0.4, -0.2) is 21.7 Å². The molecule has 0 saturated heterocycles. The highest BCUT2D eigenvalue weighted by atomic mass is 32.1. The number of carbonyl (C=O) groups is 2. The highest BCUT2D eigenvalue weighted by Crippen LogP contribution is 2.38. The molecule has 7 heteroatoms. The third-order valence-corrected chi connectivity index (χ3v) is 9.29. The molecule has 4 aromatic carbocycles. The van der Waals surface area contributed by atoms with Crippen molar-refractivity contribution in [3.8, 4) is 0 Å². The second kappa shape index (κ2) is 8.99. The second-order valence-electron chi connectivity index (χ2n) is 10.6. The highest BCUT2D eigenvalue weighted by Gasteiger charge is 2.29. The summed E-state index contributed by atoms with van der Waals surface area (Å²) >= 11 is 1.52. The lowest BCUT2D eigenvalue weighted by molar-refractivity contribution is -0.144. The van der Waals surface area contributed by atoms with Gasteiger partial charge in [0.25, 0.3) is 0 Å². The smallest absolute Gasteiger partial charge is 0.348 e. The maximum absolute atomic E-state index is 13.5. The number of aromatic nitrogens is 1. The van der Waals surface area contributed by atoms with Crippen LogP contribution in [0.25, 0.3) is 42.5 Å². The average molecular weight is 535 g/mol. The fourth-order valence-corrected chi connectivity index (χ4v) is 7.65. The van der Waals surface area contributed by atoms with E-state index in [1.54, 1.807) is 6.92 Å². The van der Waals surface area contributed by atoms with Gasteiger partial charge in [0.05, 0.1) is 6.54 Å². The van der Waals surface area contributed by atoms with Gasteiger partial charge in [-0.3, -0.25) is 14.5 Å². The van der Waals surface area contributed by atoms with Crippen LogP contribution in [0.1, 0.15) is 41.7 Å². The molecule has 0 N–H and O–H groups in total. The van der Waals surface area contributed by atoms with Crippen LogP contribution in [0.2, 0.25) is 0 Å². The van der Waals surface area contributed by atoms with Crippen LogP contribution in [0.4, 0.5) is 0 Å². The quantitative estimate of drug-likeness (QED) is 0.240. The number of hydrogen-bond donors (Lipinski definition) is 0. The minimum atomic E-state index is -0.333. The van der Waals surface area contributed by atoms with Crippen molar-refractivity contribution in [3.05, 3.63) is 86.9 Å². The molecule has 6 aromatic rings. The maximum atomic E-state index is 13.5. The summed E-state index contributed by atoms with van der Waals surface area (Å²) in [4.78, 5) is 46.3. The van der Waals surface area contributed by atoms with E-state index in [0.717, 1.165) is 33.2 Å². The largest absolute Gasteiger partial charge is 0.408 e. The number of amides is 2. The van der Waals surface area contributed by atoms with Gasteiger partial charge in [-0.05, 0) is 68.6 Å². The van der Waals surface area contributed by atoms with E-state index < -0.39 is 0 Å². The summed E-state index contributed by atoms with van der Waals surface area (Å²) in [6.07, 6.45) is 2.48. The van der Waals surface area contributed by atoms with Crippen LogP contribution < -0.4 is 5.63 Å². The van der Waals surface area contributed by atoms with Crippen molar-refractivity contribution >= 4 is 65.7 Å². The highest BCUT2D eigenvalue weighted by molar-refractivity contribution is 7.18. The Balaban J connectivity index is 1.17. The minimum absolute atomic E-state index is 0.106. The van der Waals surface area contributed by atoms with Gasteiger partial charge in [-0.25, -0.2) is 9.78 Å². The molecule has 6 nitrogen and oxygen atoms in total. The van der Waals surface area contributed by atoms with Crippen molar-refractivity contribution in [3.63, 3.8) is 0 Å². The van der Waals surface area contributed by atoms with Gasteiger partial charge in [-0.15, -0.1) is 11.3 Å². The van der Waals surface area contributed by atoms with Gasteiger partial charge in [-0.2, -0.15) is 0 Å². The zero-order chi connectivity index (χ0) is 26.8. The van der Waals surface area contributed by atoms with Crippen LogP contribution in [-0.2, 0) is 29.0 Å². The zero-order valence-electron chi connectivity index (χ0n) is 21.7. The van der Waals surface area contributed by atoms with E-state index in [4.69, 9.17) is 4.42 Å². The van der Waals surface area contributed by atoms with E-state index in [0.29, 0.717) is 35.4 Å². The predicted molar refractivity (Wildman–Crippen MR) is 154 cm³/mol. The molecule has 2 aromatic heterocycles. The normalized spacial score (nSPS) is 15.4. The van der Waals surface area contributed by atoms with E-state index >= 15 is 0 Å². The predicted octanol–water partition coefficient (Wildman–Crippen LogP) is 6.53. The molecule has 194 valence electrons. The van der Waals surface area contributed by atoms with Crippen LogP contribution in [0.15, 0.2) is 63.8 Å². The number of aryl methyl sites for hydroxylation is 2. The fraction of sp³-hybridized carbons (Fsp3) is 0.250. The van der Waals surface area contributed by atoms with Gasteiger partial charge >= 0.3 is 5.63 Å².